The summed E-state index contributed by atoms with van der Waals surface area (Å²) in [5.41, 5.74) is 1.21. The minimum atomic E-state index is -0.329. The summed E-state index contributed by atoms with van der Waals surface area (Å²) >= 11 is 0. The number of carbonyl (C=O) groups is 1. The number of hydrogen-bond acceptors (Lipinski definition) is 2. The fourth-order valence-electron chi connectivity index (χ4n) is 2.22. The first-order valence-corrected chi connectivity index (χ1v) is 6.23. The second-order valence-corrected chi connectivity index (χ2v) is 5.02. The Morgan fingerprint density at radius 2 is 2.39 bits per heavy atom. The lowest BCUT2D eigenvalue weighted by atomic mass is 9.82. The van der Waals surface area contributed by atoms with Crippen LogP contribution in [0.3, 0.4) is 0 Å². The summed E-state index contributed by atoms with van der Waals surface area (Å²) < 4.78 is 0. The third kappa shape index (κ3) is 2.72. The van der Waals surface area contributed by atoms with Crippen LogP contribution < -0.4 is 10.6 Å². The Morgan fingerprint density at radius 3 is 3.06 bits per heavy atom. The van der Waals surface area contributed by atoms with Crippen molar-refractivity contribution < 1.29 is 4.79 Å². The van der Waals surface area contributed by atoms with Crippen molar-refractivity contribution in [3.63, 3.8) is 0 Å². The highest BCUT2D eigenvalue weighted by Crippen LogP contribution is 2.27. The van der Waals surface area contributed by atoms with Gasteiger partial charge in [-0.1, -0.05) is 12.0 Å². The molecule has 0 bridgehead atoms. The molecule has 94 valence electrons. The SMILES string of the molecule is C#Cc1cccc(NC(=O)C2(C)CCCNC2)c1. The smallest absolute Gasteiger partial charge is 0.231 e. The van der Waals surface area contributed by atoms with E-state index in [0.717, 1.165) is 37.2 Å². The van der Waals surface area contributed by atoms with Gasteiger partial charge in [-0.2, -0.15) is 0 Å². The zero-order valence-corrected chi connectivity index (χ0v) is 10.6. The van der Waals surface area contributed by atoms with E-state index in [9.17, 15) is 4.79 Å². The molecule has 1 heterocycles. The number of terminal acetylenes is 1. The predicted molar refractivity (Wildman–Crippen MR) is 73.2 cm³/mol. The van der Waals surface area contributed by atoms with Gasteiger partial charge in [-0.3, -0.25) is 4.79 Å². The highest BCUT2D eigenvalue weighted by molar-refractivity contribution is 5.95. The number of rotatable bonds is 2. The van der Waals surface area contributed by atoms with Crippen LogP contribution in [0, 0.1) is 17.8 Å². The van der Waals surface area contributed by atoms with Gasteiger partial charge in [0.2, 0.25) is 5.91 Å². The third-order valence-electron chi connectivity index (χ3n) is 3.43. The van der Waals surface area contributed by atoms with Gasteiger partial charge in [0.25, 0.3) is 0 Å². The number of benzene rings is 1. The lowest BCUT2D eigenvalue weighted by molar-refractivity contribution is -0.125. The van der Waals surface area contributed by atoms with Gasteiger partial charge in [0.05, 0.1) is 5.41 Å². The monoisotopic (exact) mass is 242 g/mol. The molecule has 18 heavy (non-hydrogen) atoms. The molecule has 0 spiro atoms. The van der Waals surface area contributed by atoms with Crippen molar-refractivity contribution in [3.05, 3.63) is 29.8 Å². The van der Waals surface area contributed by atoms with E-state index in [4.69, 9.17) is 6.42 Å². The van der Waals surface area contributed by atoms with Crippen LogP contribution in [0.15, 0.2) is 24.3 Å². The summed E-state index contributed by atoms with van der Waals surface area (Å²) in [6, 6.07) is 7.38. The minimum Gasteiger partial charge on any atom is -0.326 e. The molecule has 0 saturated carbocycles. The van der Waals surface area contributed by atoms with Crippen molar-refractivity contribution in [2.24, 2.45) is 5.41 Å². The van der Waals surface area contributed by atoms with Gasteiger partial charge >= 0.3 is 0 Å². The highest BCUT2D eigenvalue weighted by atomic mass is 16.2. The van der Waals surface area contributed by atoms with E-state index in [1.165, 1.54) is 0 Å². The zero-order valence-electron chi connectivity index (χ0n) is 10.6. The number of piperidine rings is 1. The standard InChI is InChI=1S/C15H18N2O/c1-3-12-6-4-7-13(10-12)17-14(18)15(2)8-5-9-16-11-15/h1,4,6-7,10,16H,5,8-9,11H2,2H3,(H,17,18). The molecule has 1 unspecified atom stereocenters. The molecule has 1 aromatic rings. The lowest BCUT2D eigenvalue weighted by Gasteiger charge is -2.32. The summed E-state index contributed by atoms with van der Waals surface area (Å²) in [6.45, 7) is 3.72. The fraction of sp³-hybridized carbons (Fsp3) is 0.400. The molecule has 1 saturated heterocycles. The normalized spacial score (nSPS) is 23.1. The van der Waals surface area contributed by atoms with Gasteiger partial charge in [-0.25, -0.2) is 0 Å². The largest absolute Gasteiger partial charge is 0.326 e. The molecule has 0 aromatic heterocycles. The summed E-state index contributed by atoms with van der Waals surface area (Å²) in [4.78, 5) is 12.3. The van der Waals surface area contributed by atoms with Crippen molar-refractivity contribution in [2.45, 2.75) is 19.8 Å². The lowest BCUT2D eigenvalue weighted by Crippen LogP contribution is -2.46. The molecular formula is C15H18N2O. The Labute approximate surface area is 108 Å². The molecule has 1 aromatic carbocycles. The van der Waals surface area contributed by atoms with E-state index < -0.39 is 0 Å². The molecule has 2 N–H and O–H groups in total. The molecule has 0 radical (unpaired) electrons. The van der Waals surface area contributed by atoms with E-state index in [1.807, 2.05) is 31.2 Å². The molecule has 2 rings (SSSR count). The van der Waals surface area contributed by atoms with Crippen LogP contribution >= 0.6 is 0 Å². The number of carbonyl (C=O) groups excluding carboxylic acids is 1. The molecule has 3 heteroatoms. The van der Waals surface area contributed by atoms with E-state index in [0.29, 0.717) is 0 Å². The van der Waals surface area contributed by atoms with Crippen LogP contribution in [-0.2, 0) is 4.79 Å². The van der Waals surface area contributed by atoms with Gasteiger partial charge in [0.15, 0.2) is 0 Å². The first-order valence-electron chi connectivity index (χ1n) is 6.23. The quantitative estimate of drug-likeness (QED) is 0.779. The van der Waals surface area contributed by atoms with Crippen molar-refractivity contribution in [1.29, 1.82) is 0 Å². The molecule has 1 fully saturated rings. The number of nitrogens with one attached hydrogen (secondary N) is 2. The molecule has 3 nitrogen and oxygen atoms in total. The predicted octanol–water partition coefficient (Wildman–Crippen LogP) is 2.00. The van der Waals surface area contributed by atoms with Crippen LogP contribution in [0.25, 0.3) is 0 Å². The maximum Gasteiger partial charge on any atom is 0.231 e. The zero-order chi connectivity index (χ0) is 13.0. The van der Waals surface area contributed by atoms with Crippen LogP contribution in [0.2, 0.25) is 0 Å². The van der Waals surface area contributed by atoms with E-state index in [-0.39, 0.29) is 11.3 Å². The Kier molecular flexibility index (Phi) is 3.69. The van der Waals surface area contributed by atoms with Crippen LogP contribution in [0.4, 0.5) is 5.69 Å². The summed E-state index contributed by atoms with van der Waals surface area (Å²) in [5.74, 6) is 2.63. The topological polar surface area (TPSA) is 41.1 Å². The van der Waals surface area contributed by atoms with E-state index >= 15 is 0 Å². The Bertz CT molecular complexity index is 482. The maximum atomic E-state index is 12.3. The van der Waals surface area contributed by atoms with E-state index in [1.54, 1.807) is 0 Å². The first-order chi connectivity index (χ1) is 8.64. The maximum absolute atomic E-state index is 12.3. The molecule has 1 atom stereocenters. The number of hydrogen-bond donors (Lipinski definition) is 2. The van der Waals surface area contributed by atoms with Crippen molar-refractivity contribution in [1.82, 2.24) is 5.32 Å². The second-order valence-electron chi connectivity index (χ2n) is 5.02. The van der Waals surface area contributed by atoms with Gasteiger partial charge < -0.3 is 10.6 Å². The van der Waals surface area contributed by atoms with Crippen LogP contribution in [0.1, 0.15) is 25.3 Å². The van der Waals surface area contributed by atoms with Crippen LogP contribution in [0.5, 0.6) is 0 Å². The first kappa shape index (κ1) is 12.7. The number of anilines is 1. The van der Waals surface area contributed by atoms with Gasteiger partial charge in [-0.15, -0.1) is 6.42 Å². The average molecular weight is 242 g/mol. The Morgan fingerprint density at radius 1 is 1.56 bits per heavy atom. The van der Waals surface area contributed by atoms with Gasteiger partial charge in [0, 0.05) is 17.8 Å². The molecule has 1 amide bonds. The van der Waals surface area contributed by atoms with Gasteiger partial charge in [0.1, 0.15) is 0 Å². The van der Waals surface area contributed by atoms with Crippen LogP contribution in [-0.4, -0.2) is 19.0 Å². The fourth-order valence-corrected chi connectivity index (χ4v) is 2.22. The van der Waals surface area contributed by atoms with Crippen molar-refractivity contribution >= 4 is 11.6 Å². The van der Waals surface area contributed by atoms with E-state index in [2.05, 4.69) is 16.6 Å². The van der Waals surface area contributed by atoms with Crippen molar-refractivity contribution in [3.8, 4) is 12.3 Å². The summed E-state index contributed by atoms with van der Waals surface area (Å²) in [6.07, 6.45) is 7.30. The van der Waals surface area contributed by atoms with Gasteiger partial charge in [-0.05, 0) is 44.5 Å². The molecule has 0 aliphatic carbocycles. The Balaban J connectivity index is 2.08. The molecule has 1 aliphatic rings. The second kappa shape index (κ2) is 5.24. The highest BCUT2D eigenvalue weighted by Gasteiger charge is 2.34. The third-order valence-corrected chi connectivity index (χ3v) is 3.43. The van der Waals surface area contributed by atoms with Crippen molar-refractivity contribution in [2.75, 3.05) is 18.4 Å². The summed E-state index contributed by atoms with van der Waals surface area (Å²) in [5, 5.41) is 6.22. The minimum absolute atomic E-state index is 0.0591. The number of amides is 1. The molecular weight excluding hydrogens is 224 g/mol. The molecule has 1 aliphatic heterocycles. The Hall–Kier alpha value is -1.79. The average Bonchev–Trinajstić information content (AvgIpc) is 2.40. The summed E-state index contributed by atoms with van der Waals surface area (Å²) in [7, 11) is 0.